The largest absolute Gasteiger partial charge is 0.461 e. The van der Waals surface area contributed by atoms with Gasteiger partial charge in [-0.1, -0.05) is 12.1 Å². The first-order valence-electron chi connectivity index (χ1n) is 4.03. The van der Waals surface area contributed by atoms with Crippen molar-refractivity contribution in [2.24, 2.45) is 0 Å². The standard InChI is InChI=1S/C8H5ClF4O3S/c9-17(14,15)6-4-2-1-3-5(6)16-8(12,13)7(10)11/h1-4,7H. The normalized spacial score (nSPS) is 12.8. The number of benzene rings is 1. The Balaban J connectivity index is 3.17. The summed E-state index contributed by atoms with van der Waals surface area (Å²) in [5.74, 6) is -0.937. The lowest BCUT2D eigenvalue weighted by molar-refractivity contribution is -0.254. The first-order valence-corrected chi connectivity index (χ1v) is 6.34. The molecule has 17 heavy (non-hydrogen) atoms. The topological polar surface area (TPSA) is 43.4 Å². The van der Waals surface area contributed by atoms with Crippen molar-refractivity contribution in [1.82, 2.24) is 0 Å². The van der Waals surface area contributed by atoms with Crippen molar-refractivity contribution < 1.29 is 30.7 Å². The van der Waals surface area contributed by atoms with Crippen molar-refractivity contribution in [3.63, 3.8) is 0 Å². The molecule has 0 unspecified atom stereocenters. The van der Waals surface area contributed by atoms with Crippen molar-refractivity contribution >= 4 is 19.7 Å². The lowest BCUT2D eigenvalue weighted by Crippen LogP contribution is -2.33. The lowest BCUT2D eigenvalue weighted by atomic mass is 10.3. The molecule has 0 saturated carbocycles. The Hall–Kier alpha value is -1.02. The van der Waals surface area contributed by atoms with Crippen LogP contribution in [-0.2, 0) is 9.05 Å². The van der Waals surface area contributed by atoms with Crippen molar-refractivity contribution in [2.75, 3.05) is 0 Å². The van der Waals surface area contributed by atoms with Gasteiger partial charge in [0.2, 0.25) is 0 Å². The van der Waals surface area contributed by atoms with E-state index in [2.05, 4.69) is 4.74 Å². The summed E-state index contributed by atoms with van der Waals surface area (Å²) in [5.41, 5.74) is 0. The van der Waals surface area contributed by atoms with Crippen LogP contribution in [-0.4, -0.2) is 21.0 Å². The molecule has 0 saturated heterocycles. The SMILES string of the molecule is O=S(=O)(Cl)c1ccccc1OC(F)(F)C(F)F. The smallest absolute Gasteiger partial charge is 0.427 e. The zero-order chi connectivity index (χ0) is 13.3. The number of ether oxygens (including phenoxy) is 1. The van der Waals surface area contributed by atoms with Gasteiger partial charge in [-0.3, -0.25) is 0 Å². The van der Waals surface area contributed by atoms with Crippen LogP contribution in [0.1, 0.15) is 0 Å². The van der Waals surface area contributed by atoms with Crippen LogP contribution in [0, 0.1) is 0 Å². The van der Waals surface area contributed by atoms with Gasteiger partial charge in [0, 0.05) is 10.7 Å². The van der Waals surface area contributed by atoms with Gasteiger partial charge < -0.3 is 4.74 Å². The summed E-state index contributed by atoms with van der Waals surface area (Å²) in [5, 5.41) is 0. The molecule has 0 spiro atoms. The number of para-hydroxylation sites is 1. The van der Waals surface area contributed by atoms with Gasteiger partial charge in [-0.25, -0.2) is 8.42 Å². The fourth-order valence-electron chi connectivity index (χ4n) is 0.927. The van der Waals surface area contributed by atoms with Gasteiger partial charge in [0.15, 0.2) is 0 Å². The summed E-state index contributed by atoms with van der Waals surface area (Å²) in [6, 6.07) is 3.98. The predicted molar refractivity (Wildman–Crippen MR) is 51.1 cm³/mol. The van der Waals surface area contributed by atoms with E-state index in [1.165, 1.54) is 6.07 Å². The zero-order valence-corrected chi connectivity index (χ0v) is 9.48. The van der Waals surface area contributed by atoms with E-state index in [0.29, 0.717) is 0 Å². The first kappa shape index (κ1) is 14.0. The molecule has 0 fully saturated rings. The Labute approximate surface area is 98.4 Å². The molecule has 9 heteroatoms. The summed E-state index contributed by atoms with van der Waals surface area (Å²) in [6.07, 6.45) is -8.88. The van der Waals surface area contributed by atoms with E-state index in [-0.39, 0.29) is 0 Å². The third kappa shape index (κ3) is 3.47. The maximum Gasteiger partial charge on any atom is 0.461 e. The molecule has 1 aromatic rings. The van der Waals surface area contributed by atoms with Gasteiger partial charge >= 0.3 is 12.5 Å². The highest BCUT2D eigenvalue weighted by Crippen LogP contribution is 2.33. The Bertz CT molecular complexity index is 503. The maximum atomic E-state index is 12.6. The van der Waals surface area contributed by atoms with E-state index in [0.717, 1.165) is 18.2 Å². The fourth-order valence-corrected chi connectivity index (χ4v) is 1.90. The van der Waals surface area contributed by atoms with Crippen molar-refractivity contribution in [3.8, 4) is 5.75 Å². The Morgan fingerprint density at radius 2 is 1.76 bits per heavy atom. The third-order valence-corrected chi connectivity index (χ3v) is 2.97. The molecule has 0 atom stereocenters. The molecule has 0 radical (unpaired) electrons. The third-order valence-electron chi connectivity index (χ3n) is 1.61. The summed E-state index contributed by atoms with van der Waals surface area (Å²) in [6.45, 7) is 0. The highest BCUT2D eigenvalue weighted by Gasteiger charge is 2.44. The molecule has 0 aromatic heterocycles. The van der Waals surface area contributed by atoms with E-state index in [1.807, 2.05) is 0 Å². The number of hydrogen-bond acceptors (Lipinski definition) is 3. The van der Waals surface area contributed by atoms with E-state index in [4.69, 9.17) is 10.7 Å². The van der Waals surface area contributed by atoms with Crippen LogP contribution in [0.5, 0.6) is 5.75 Å². The predicted octanol–water partition coefficient (Wildman–Crippen LogP) is 2.85. The van der Waals surface area contributed by atoms with Gasteiger partial charge in [0.1, 0.15) is 10.6 Å². The number of rotatable bonds is 4. The van der Waals surface area contributed by atoms with Gasteiger partial charge in [-0.05, 0) is 12.1 Å². The minimum atomic E-state index is -4.79. The van der Waals surface area contributed by atoms with E-state index >= 15 is 0 Å². The van der Waals surface area contributed by atoms with Crippen LogP contribution in [0.3, 0.4) is 0 Å². The quantitative estimate of drug-likeness (QED) is 0.633. The molecular formula is C8H5ClF4O3S. The van der Waals surface area contributed by atoms with Gasteiger partial charge in [0.25, 0.3) is 9.05 Å². The number of alkyl halides is 4. The minimum absolute atomic E-state index is 0.797. The molecule has 0 heterocycles. The Morgan fingerprint density at radius 1 is 1.24 bits per heavy atom. The van der Waals surface area contributed by atoms with Crippen LogP contribution >= 0.6 is 10.7 Å². The molecule has 0 bridgehead atoms. The summed E-state index contributed by atoms with van der Waals surface area (Å²) >= 11 is 0. The molecule has 0 N–H and O–H groups in total. The molecule has 0 aliphatic heterocycles. The zero-order valence-electron chi connectivity index (χ0n) is 7.91. The lowest BCUT2D eigenvalue weighted by Gasteiger charge is -2.17. The van der Waals surface area contributed by atoms with Crippen molar-refractivity contribution in [3.05, 3.63) is 24.3 Å². The van der Waals surface area contributed by atoms with E-state index in [9.17, 15) is 26.0 Å². The molecular weight excluding hydrogens is 288 g/mol. The Morgan fingerprint density at radius 3 is 2.24 bits per heavy atom. The average Bonchev–Trinajstić information content (AvgIpc) is 2.15. The second-order valence-corrected chi connectivity index (χ2v) is 5.38. The highest BCUT2D eigenvalue weighted by atomic mass is 35.7. The van der Waals surface area contributed by atoms with Crippen LogP contribution in [0.25, 0.3) is 0 Å². The number of halogens is 5. The van der Waals surface area contributed by atoms with Crippen LogP contribution < -0.4 is 4.74 Å². The molecule has 96 valence electrons. The first-order chi connectivity index (χ1) is 7.64. The Kier molecular flexibility index (Phi) is 3.88. The summed E-state index contributed by atoms with van der Waals surface area (Å²) in [4.78, 5) is -0.804. The molecule has 1 aromatic carbocycles. The second kappa shape index (κ2) is 4.69. The van der Waals surface area contributed by atoms with Crippen molar-refractivity contribution in [2.45, 2.75) is 17.4 Å². The maximum absolute atomic E-state index is 12.6. The monoisotopic (exact) mass is 292 g/mol. The van der Waals surface area contributed by atoms with Crippen molar-refractivity contribution in [1.29, 1.82) is 0 Å². The van der Waals surface area contributed by atoms with Gasteiger partial charge in [-0.15, -0.1) is 0 Å². The second-order valence-electron chi connectivity index (χ2n) is 2.85. The summed E-state index contributed by atoms with van der Waals surface area (Å²) in [7, 11) is 0.569. The van der Waals surface area contributed by atoms with Crippen LogP contribution in [0.15, 0.2) is 29.2 Å². The minimum Gasteiger partial charge on any atom is -0.427 e. The van der Waals surface area contributed by atoms with Gasteiger partial charge in [0.05, 0.1) is 0 Å². The highest BCUT2D eigenvalue weighted by molar-refractivity contribution is 8.13. The average molecular weight is 293 g/mol. The fraction of sp³-hybridized carbons (Fsp3) is 0.250. The summed E-state index contributed by atoms with van der Waals surface area (Å²) < 4.78 is 74.5. The van der Waals surface area contributed by atoms with E-state index < -0.39 is 32.2 Å². The molecule has 0 amide bonds. The van der Waals surface area contributed by atoms with E-state index in [1.54, 1.807) is 0 Å². The van der Waals surface area contributed by atoms with Crippen LogP contribution in [0.2, 0.25) is 0 Å². The molecule has 0 aliphatic carbocycles. The number of hydrogen-bond donors (Lipinski definition) is 0. The van der Waals surface area contributed by atoms with Gasteiger partial charge in [-0.2, -0.15) is 17.6 Å². The molecule has 3 nitrogen and oxygen atoms in total. The van der Waals surface area contributed by atoms with Crippen LogP contribution in [0.4, 0.5) is 17.6 Å². The molecule has 1 rings (SSSR count). The molecule has 0 aliphatic rings.